The lowest BCUT2D eigenvalue weighted by Gasteiger charge is -2.26. The maximum Gasteiger partial charge on any atom is 0.150 e. The first-order chi connectivity index (χ1) is 7.41. The van der Waals surface area contributed by atoms with Crippen molar-refractivity contribution in [2.24, 2.45) is 0 Å². The van der Waals surface area contributed by atoms with Gasteiger partial charge in [-0.2, -0.15) is 0 Å². The maximum absolute atomic E-state index is 11.2. The van der Waals surface area contributed by atoms with Gasteiger partial charge in [-0.3, -0.25) is 0 Å². The molecule has 1 aliphatic rings. The van der Waals surface area contributed by atoms with Crippen molar-refractivity contribution >= 4 is 9.84 Å². The van der Waals surface area contributed by atoms with Crippen molar-refractivity contribution in [3.63, 3.8) is 0 Å². The van der Waals surface area contributed by atoms with Gasteiger partial charge in [0.2, 0.25) is 0 Å². The number of nitrogens with zero attached hydrogens (tertiary/aromatic N) is 1. The largest absolute Gasteiger partial charge is 0.313 e. The molecule has 0 aliphatic carbocycles. The fraction of sp³-hybridized carbons (Fsp3) is 1.00. The number of hydrogen-bond donors (Lipinski definition) is 1. The highest BCUT2D eigenvalue weighted by atomic mass is 32.2. The van der Waals surface area contributed by atoms with Crippen LogP contribution >= 0.6 is 0 Å². The molecule has 5 heteroatoms. The summed E-state index contributed by atoms with van der Waals surface area (Å²) in [5.74, 6) is 0.704. The molecular formula is C11H24N2O2S. The lowest BCUT2D eigenvalue weighted by Crippen LogP contribution is -2.41. The van der Waals surface area contributed by atoms with E-state index < -0.39 is 9.84 Å². The van der Waals surface area contributed by atoms with Gasteiger partial charge in [-0.05, 0) is 33.7 Å². The molecule has 0 aromatic carbocycles. The molecule has 4 nitrogen and oxygen atoms in total. The van der Waals surface area contributed by atoms with E-state index in [1.807, 2.05) is 0 Å². The zero-order chi connectivity index (χ0) is 12.2. The van der Waals surface area contributed by atoms with Gasteiger partial charge in [0.1, 0.15) is 9.84 Å². The molecule has 16 heavy (non-hydrogen) atoms. The van der Waals surface area contributed by atoms with Crippen LogP contribution < -0.4 is 5.32 Å². The van der Waals surface area contributed by atoms with E-state index in [2.05, 4.69) is 31.1 Å². The molecule has 96 valence electrons. The third-order valence-corrected chi connectivity index (χ3v) is 5.05. The van der Waals surface area contributed by atoms with Crippen molar-refractivity contribution in [3.05, 3.63) is 0 Å². The SMILES string of the molecule is CC(C)N(C)CCNC1CCS(=O)(=O)CC1. The molecule has 1 saturated heterocycles. The minimum atomic E-state index is -2.72. The summed E-state index contributed by atoms with van der Waals surface area (Å²) in [6.07, 6.45) is 1.54. The third-order valence-electron chi connectivity index (χ3n) is 3.33. The van der Waals surface area contributed by atoms with Crippen LogP contribution in [0.4, 0.5) is 0 Å². The van der Waals surface area contributed by atoms with E-state index >= 15 is 0 Å². The monoisotopic (exact) mass is 248 g/mol. The summed E-state index contributed by atoms with van der Waals surface area (Å²) in [6, 6.07) is 0.956. The zero-order valence-electron chi connectivity index (χ0n) is 10.6. The topological polar surface area (TPSA) is 49.4 Å². The highest BCUT2D eigenvalue weighted by Gasteiger charge is 2.22. The van der Waals surface area contributed by atoms with E-state index in [1.54, 1.807) is 0 Å². The Morgan fingerprint density at radius 2 is 1.88 bits per heavy atom. The van der Waals surface area contributed by atoms with E-state index in [0.29, 0.717) is 23.6 Å². The Morgan fingerprint density at radius 1 is 1.31 bits per heavy atom. The van der Waals surface area contributed by atoms with Gasteiger partial charge in [0.05, 0.1) is 11.5 Å². The predicted molar refractivity (Wildman–Crippen MR) is 67.4 cm³/mol. The molecule has 1 heterocycles. The van der Waals surface area contributed by atoms with Gasteiger partial charge < -0.3 is 10.2 Å². The first kappa shape index (κ1) is 13.9. The second-order valence-corrected chi connectivity index (χ2v) is 7.26. The van der Waals surface area contributed by atoms with Crippen LogP contribution in [0.1, 0.15) is 26.7 Å². The molecule has 0 bridgehead atoms. The average Bonchev–Trinajstić information content (AvgIpc) is 2.20. The fourth-order valence-electron chi connectivity index (χ4n) is 1.80. The molecule has 0 aromatic rings. The van der Waals surface area contributed by atoms with Crippen LogP contribution in [0.5, 0.6) is 0 Å². The minimum absolute atomic E-state index is 0.352. The minimum Gasteiger partial charge on any atom is -0.313 e. The molecule has 1 N–H and O–H groups in total. The summed E-state index contributed by atoms with van der Waals surface area (Å²) in [6.45, 7) is 6.31. The van der Waals surface area contributed by atoms with Crippen molar-refractivity contribution < 1.29 is 8.42 Å². The van der Waals surface area contributed by atoms with Crippen LogP contribution in [-0.2, 0) is 9.84 Å². The Hall–Kier alpha value is -0.130. The second kappa shape index (κ2) is 5.98. The first-order valence-corrected chi connectivity index (χ1v) is 7.87. The highest BCUT2D eigenvalue weighted by molar-refractivity contribution is 7.91. The summed E-state index contributed by atoms with van der Waals surface area (Å²) in [5.41, 5.74) is 0. The molecule has 1 fully saturated rings. The lowest BCUT2D eigenvalue weighted by molar-refractivity contribution is 0.267. The maximum atomic E-state index is 11.2. The Balaban J connectivity index is 2.16. The molecule has 0 unspecified atom stereocenters. The van der Waals surface area contributed by atoms with Crippen molar-refractivity contribution in [3.8, 4) is 0 Å². The van der Waals surface area contributed by atoms with Crippen LogP contribution in [-0.4, -0.2) is 57.0 Å². The van der Waals surface area contributed by atoms with Crippen molar-refractivity contribution in [1.29, 1.82) is 0 Å². The number of sulfone groups is 1. The van der Waals surface area contributed by atoms with E-state index in [9.17, 15) is 8.42 Å². The van der Waals surface area contributed by atoms with Crippen molar-refractivity contribution in [2.45, 2.75) is 38.8 Å². The van der Waals surface area contributed by atoms with E-state index in [0.717, 1.165) is 25.9 Å². The normalized spacial score (nSPS) is 21.8. The summed E-state index contributed by atoms with van der Waals surface area (Å²) >= 11 is 0. The van der Waals surface area contributed by atoms with Crippen molar-refractivity contribution in [2.75, 3.05) is 31.6 Å². The highest BCUT2D eigenvalue weighted by Crippen LogP contribution is 2.11. The predicted octanol–water partition coefficient (Wildman–Crippen LogP) is 0.493. The van der Waals surface area contributed by atoms with E-state index in [1.165, 1.54) is 0 Å². The summed E-state index contributed by atoms with van der Waals surface area (Å²) < 4.78 is 22.5. The first-order valence-electron chi connectivity index (χ1n) is 6.05. The number of rotatable bonds is 5. The van der Waals surface area contributed by atoms with Gasteiger partial charge in [-0.1, -0.05) is 0 Å². The molecular weight excluding hydrogens is 224 g/mol. The van der Waals surface area contributed by atoms with E-state index in [-0.39, 0.29) is 0 Å². The quantitative estimate of drug-likeness (QED) is 0.769. The van der Waals surface area contributed by atoms with Gasteiger partial charge >= 0.3 is 0 Å². The van der Waals surface area contributed by atoms with Crippen LogP contribution in [0.2, 0.25) is 0 Å². The Kier molecular flexibility index (Phi) is 5.21. The number of hydrogen-bond acceptors (Lipinski definition) is 4. The zero-order valence-corrected chi connectivity index (χ0v) is 11.4. The summed E-state index contributed by atoms with van der Waals surface area (Å²) in [7, 11) is -0.612. The van der Waals surface area contributed by atoms with Gasteiger partial charge in [0.15, 0.2) is 0 Å². The standard InChI is InChI=1S/C11H24N2O2S/c1-10(2)13(3)7-6-12-11-4-8-16(14,15)9-5-11/h10-12H,4-9H2,1-3H3. The Bertz CT molecular complexity index is 287. The van der Waals surface area contributed by atoms with Crippen molar-refractivity contribution in [1.82, 2.24) is 10.2 Å². The smallest absolute Gasteiger partial charge is 0.150 e. The van der Waals surface area contributed by atoms with Crippen LogP contribution in [0.15, 0.2) is 0 Å². The molecule has 0 amide bonds. The van der Waals surface area contributed by atoms with E-state index in [4.69, 9.17) is 0 Å². The molecule has 0 saturated carbocycles. The Morgan fingerprint density at radius 3 is 2.38 bits per heavy atom. The number of likely N-dealkylation sites (N-methyl/N-ethyl adjacent to an activating group) is 1. The van der Waals surface area contributed by atoms with Gasteiger partial charge in [0, 0.05) is 25.2 Å². The fourth-order valence-corrected chi connectivity index (χ4v) is 3.29. The third kappa shape index (κ3) is 4.80. The molecule has 1 aliphatic heterocycles. The lowest BCUT2D eigenvalue weighted by atomic mass is 10.1. The average molecular weight is 248 g/mol. The van der Waals surface area contributed by atoms with Gasteiger partial charge in [-0.25, -0.2) is 8.42 Å². The molecule has 0 atom stereocenters. The van der Waals surface area contributed by atoms with Crippen LogP contribution in [0.25, 0.3) is 0 Å². The molecule has 1 rings (SSSR count). The molecule has 0 spiro atoms. The number of nitrogens with one attached hydrogen (secondary N) is 1. The second-order valence-electron chi connectivity index (χ2n) is 4.95. The molecule has 0 radical (unpaired) electrons. The summed E-state index contributed by atoms with van der Waals surface area (Å²) in [4.78, 5) is 2.28. The van der Waals surface area contributed by atoms with Gasteiger partial charge in [-0.15, -0.1) is 0 Å². The summed E-state index contributed by atoms with van der Waals surface area (Å²) in [5, 5.41) is 3.44. The van der Waals surface area contributed by atoms with Gasteiger partial charge in [0.25, 0.3) is 0 Å². The van der Waals surface area contributed by atoms with Crippen LogP contribution in [0, 0.1) is 0 Å². The van der Waals surface area contributed by atoms with Crippen LogP contribution in [0.3, 0.4) is 0 Å². The Labute approximate surface area is 99.3 Å². The molecule has 0 aromatic heterocycles.